The maximum atomic E-state index is 12.2. The number of nitrogens with one attached hydrogen (secondary N) is 1. The van der Waals surface area contributed by atoms with Gasteiger partial charge in [0.15, 0.2) is 0 Å². The van der Waals surface area contributed by atoms with E-state index in [0.29, 0.717) is 6.42 Å². The van der Waals surface area contributed by atoms with E-state index >= 15 is 0 Å². The van der Waals surface area contributed by atoms with Gasteiger partial charge in [-0.1, -0.05) is 19.3 Å². The highest BCUT2D eigenvalue weighted by atomic mass is 32.2. The number of sulfonamides is 1. The van der Waals surface area contributed by atoms with Gasteiger partial charge in [-0.3, -0.25) is 0 Å². The molecule has 0 fully saturated rings. The van der Waals surface area contributed by atoms with Gasteiger partial charge >= 0.3 is 5.97 Å². The van der Waals surface area contributed by atoms with E-state index in [1.807, 2.05) is 6.92 Å². The molecule has 114 valence electrons. The summed E-state index contributed by atoms with van der Waals surface area (Å²) in [5.41, 5.74) is 5.85. The summed E-state index contributed by atoms with van der Waals surface area (Å²) in [6.45, 7) is 1.90. The molecule has 7 heteroatoms. The van der Waals surface area contributed by atoms with Crippen LogP contribution >= 0.6 is 0 Å². The molecule has 1 atom stereocenters. The first kappa shape index (κ1) is 17.0. The van der Waals surface area contributed by atoms with Gasteiger partial charge in [0, 0.05) is 0 Å². The first-order valence-corrected chi connectivity index (χ1v) is 7.80. The normalized spacial score (nSPS) is 12.4. The second-order valence-corrected chi connectivity index (χ2v) is 6.06. The van der Waals surface area contributed by atoms with Crippen LogP contribution in [0.5, 0.6) is 0 Å². The number of anilines is 1. The Morgan fingerprint density at radius 3 is 2.67 bits per heavy atom. The lowest BCUT2D eigenvalue weighted by Crippen LogP contribution is -2.34. The van der Waals surface area contributed by atoms with Crippen LogP contribution in [0.2, 0.25) is 0 Å². The molecule has 1 rings (SSSR count). The predicted octanol–water partition coefficient (Wildman–Crippen LogP) is 1.14. The smallest absolute Gasteiger partial charge is 0.337 e. The molecule has 0 aliphatic heterocycles. The highest BCUT2D eigenvalue weighted by molar-refractivity contribution is 7.89. The molecule has 0 saturated heterocycles. The third kappa shape index (κ3) is 4.21. The Bertz CT molecular complexity index is 662. The number of hydrogen-bond acceptors (Lipinski definition) is 5. The van der Waals surface area contributed by atoms with Crippen molar-refractivity contribution in [3.05, 3.63) is 23.8 Å². The number of rotatable bonds is 6. The van der Waals surface area contributed by atoms with Crippen LogP contribution in [0.25, 0.3) is 0 Å². The lowest BCUT2D eigenvalue weighted by atomic mass is 10.2. The maximum Gasteiger partial charge on any atom is 0.337 e. The average Bonchev–Trinajstić information content (AvgIpc) is 2.45. The standard InChI is InChI=1S/C14H18N2O4S/c1-4-6-11(5-2)16-21(18,19)13-8-7-10(9-12(13)15)14(17)20-3/h2,7-9,11,16H,4,6,15H2,1,3H3. The molecule has 0 spiro atoms. The topological polar surface area (TPSA) is 98.5 Å². The zero-order valence-electron chi connectivity index (χ0n) is 11.9. The lowest BCUT2D eigenvalue weighted by Gasteiger charge is -2.14. The third-order valence-electron chi connectivity index (χ3n) is 2.80. The number of ether oxygens (including phenoxy) is 1. The van der Waals surface area contributed by atoms with E-state index < -0.39 is 22.0 Å². The molecule has 1 aromatic carbocycles. The molecule has 0 aromatic heterocycles. The molecule has 3 N–H and O–H groups in total. The van der Waals surface area contributed by atoms with Crippen molar-refractivity contribution in [3.63, 3.8) is 0 Å². The van der Waals surface area contributed by atoms with Crippen molar-refractivity contribution in [2.45, 2.75) is 30.7 Å². The Hall–Kier alpha value is -2.04. The molecule has 21 heavy (non-hydrogen) atoms. The Kier molecular flexibility index (Phi) is 5.76. The number of carbonyl (C=O) groups excluding carboxylic acids is 1. The van der Waals surface area contributed by atoms with E-state index in [4.69, 9.17) is 12.2 Å². The first-order valence-electron chi connectivity index (χ1n) is 6.32. The fourth-order valence-corrected chi connectivity index (χ4v) is 3.06. The number of terminal acetylenes is 1. The number of benzene rings is 1. The highest BCUT2D eigenvalue weighted by Crippen LogP contribution is 2.20. The van der Waals surface area contributed by atoms with Crippen molar-refractivity contribution < 1.29 is 17.9 Å². The zero-order chi connectivity index (χ0) is 16.0. The van der Waals surface area contributed by atoms with E-state index in [1.54, 1.807) is 0 Å². The largest absolute Gasteiger partial charge is 0.465 e. The van der Waals surface area contributed by atoms with Crippen molar-refractivity contribution >= 4 is 21.7 Å². The fraction of sp³-hybridized carbons (Fsp3) is 0.357. The first-order chi connectivity index (χ1) is 9.85. The Morgan fingerprint density at radius 2 is 2.19 bits per heavy atom. The maximum absolute atomic E-state index is 12.2. The van der Waals surface area contributed by atoms with E-state index in [1.165, 1.54) is 25.3 Å². The average molecular weight is 310 g/mol. The summed E-state index contributed by atoms with van der Waals surface area (Å²) in [6, 6.07) is 3.25. The van der Waals surface area contributed by atoms with Gasteiger partial charge in [0.05, 0.1) is 24.4 Å². The summed E-state index contributed by atoms with van der Waals surface area (Å²) in [4.78, 5) is 11.2. The van der Waals surface area contributed by atoms with Crippen LogP contribution in [-0.4, -0.2) is 27.5 Å². The van der Waals surface area contributed by atoms with Gasteiger partial charge in [-0.15, -0.1) is 6.42 Å². The number of nitrogens with two attached hydrogens (primary N) is 1. The van der Waals surface area contributed by atoms with Crippen molar-refractivity contribution in [2.75, 3.05) is 12.8 Å². The van der Waals surface area contributed by atoms with Crippen molar-refractivity contribution in [1.82, 2.24) is 4.72 Å². The lowest BCUT2D eigenvalue weighted by molar-refractivity contribution is 0.0600. The van der Waals surface area contributed by atoms with Gasteiger partial charge in [-0.25, -0.2) is 13.2 Å². The van der Waals surface area contributed by atoms with Gasteiger partial charge in [0.1, 0.15) is 4.90 Å². The Morgan fingerprint density at radius 1 is 1.52 bits per heavy atom. The summed E-state index contributed by atoms with van der Waals surface area (Å²) in [5.74, 6) is 1.79. The van der Waals surface area contributed by atoms with Gasteiger partial charge in [0.25, 0.3) is 0 Å². The van der Waals surface area contributed by atoms with Crippen molar-refractivity contribution in [1.29, 1.82) is 0 Å². The van der Waals surface area contributed by atoms with Crippen molar-refractivity contribution in [2.24, 2.45) is 0 Å². The molecule has 0 aliphatic carbocycles. The molecule has 0 amide bonds. The molecule has 0 aliphatic rings. The summed E-state index contributed by atoms with van der Waals surface area (Å²) in [6.07, 6.45) is 6.56. The van der Waals surface area contributed by atoms with E-state index in [-0.39, 0.29) is 16.1 Å². The molecule has 6 nitrogen and oxygen atoms in total. The Labute approximate surface area is 124 Å². The van der Waals surface area contributed by atoms with Crippen LogP contribution in [0.15, 0.2) is 23.1 Å². The molecule has 1 aromatic rings. The van der Waals surface area contributed by atoms with E-state index in [2.05, 4.69) is 15.4 Å². The predicted molar refractivity (Wildman–Crippen MR) is 80.0 cm³/mol. The number of hydrogen-bond donors (Lipinski definition) is 2. The molecular weight excluding hydrogens is 292 g/mol. The van der Waals surface area contributed by atoms with Crippen LogP contribution in [0.4, 0.5) is 5.69 Å². The fourth-order valence-electron chi connectivity index (χ4n) is 1.75. The summed E-state index contributed by atoms with van der Waals surface area (Å²) in [7, 11) is -2.61. The van der Waals surface area contributed by atoms with Gasteiger partial charge < -0.3 is 10.5 Å². The highest BCUT2D eigenvalue weighted by Gasteiger charge is 2.22. The van der Waals surface area contributed by atoms with Crippen LogP contribution in [0, 0.1) is 12.3 Å². The van der Waals surface area contributed by atoms with Crippen LogP contribution in [0.3, 0.4) is 0 Å². The number of esters is 1. The van der Waals surface area contributed by atoms with Crippen molar-refractivity contribution in [3.8, 4) is 12.3 Å². The molecule has 0 heterocycles. The van der Waals surface area contributed by atoms with Gasteiger partial charge in [0.2, 0.25) is 10.0 Å². The SMILES string of the molecule is C#CC(CCC)NS(=O)(=O)c1ccc(C(=O)OC)cc1N. The molecule has 0 bridgehead atoms. The molecule has 1 unspecified atom stereocenters. The number of methoxy groups -OCH3 is 1. The van der Waals surface area contributed by atoms with Gasteiger partial charge in [-0.05, 0) is 24.6 Å². The summed E-state index contributed by atoms with van der Waals surface area (Å²) < 4.78 is 31.4. The monoisotopic (exact) mass is 310 g/mol. The van der Waals surface area contributed by atoms with Crippen LogP contribution < -0.4 is 10.5 Å². The minimum absolute atomic E-state index is 0.0438. The number of nitrogen functional groups attached to an aromatic ring is 1. The quantitative estimate of drug-likeness (QED) is 0.466. The molecular formula is C14H18N2O4S. The minimum atomic E-state index is -3.84. The second kappa shape index (κ2) is 7.11. The molecule has 0 radical (unpaired) electrons. The third-order valence-corrected chi connectivity index (χ3v) is 4.34. The van der Waals surface area contributed by atoms with Crippen LogP contribution in [0.1, 0.15) is 30.1 Å². The summed E-state index contributed by atoms with van der Waals surface area (Å²) in [5, 5.41) is 0. The van der Waals surface area contributed by atoms with E-state index in [9.17, 15) is 13.2 Å². The number of carbonyl (C=O) groups is 1. The van der Waals surface area contributed by atoms with Gasteiger partial charge in [-0.2, -0.15) is 4.72 Å². The summed E-state index contributed by atoms with van der Waals surface area (Å²) >= 11 is 0. The molecule has 0 saturated carbocycles. The van der Waals surface area contributed by atoms with E-state index in [0.717, 1.165) is 6.42 Å². The minimum Gasteiger partial charge on any atom is -0.465 e. The zero-order valence-corrected chi connectivity index (χ0v) is 12.7. The Balaban J connectivity index is 3.10. The second-order valence-electron chi connectivity index (χ2n) is 4.37. The van der Waals surface area contributed by atoms with Crippen LogP contribution in [-0.2, 0) is 14.8 Å².